The first-order valence-electron chi connectivity index (χ1n) is 9.73. The average Bonchev–Trinajstić information content (AvgIpc) is 2.52. The first-order chi connectivity index (χ1) is 14.5. The normalized spacial score (nSPS) is 15.9. The number of aliphatic carboxylic acids is 3. The zero-order chi connectivity index (χ0) is 27.7. The summed E-state index contributed by atoms with van der Waals surface area (Å²) >= 11 is 0. The Labute approximate surface area is 192 Å². The lowest BCUT2D eigenvalue weighted by Gasteiger charge is -2.18. The molecule has 0 rings (SSSR count). The van der Waals surface area contributed by atoms with E-state index in [-0.39, 0.29) is 19.4 Å². The highest BCUT2D eigenvalue weighted by molar-refractivity contribution is 7.45. The van der Waals surface area contributed by atoms with Crippen molar-refractivity contribution in [3.8, 4) is 0 Å². The number of carboxylic acid groups (broad SMARTS) is 3. The Morgan fingerprint density at radius 1 is 0.727 bits per heavy atom. The van der Waals surface area contributed by atoms with Crippen molar-refractivity contribution in [2.75, 3.05) is 6.61 Å². The third-order valence-corrected chi connectivity index (χ3v) is 3.58. The molecule has 15 heteroatoms. The molecule has 0 aliphatic carbocycles. The number of aliphatic hydroxyl groups excluding tert-OH is 1. The highest BCUT2D eigenvalue weighted by atomic mass is 31.2. The van der Waals surface area contributed by atoms with E-state index in [1.165, 1.54) is 20.8 Å². The van der Waals surface area contributed by atoms with Crippen LogP contribution >= 0.6 is 7.82 Å². The van der Waals surface area contributed by atoms with E-state index in [4.69, 9.17) is 55.0 Å². The van der Waals surface area contributed by atoms with Crippen LogP contribution in [0.1, 0.15) is 73.1 Å². The van der Waals surface area contributed by atoms with E-state index in [1.54, 1.807) is 0 Å². The van der Waals surface area contributed by atoms with E-state index in [1.807, 2.05) is 13.8 Å². The molecule has 0 aliphatic heterocycles. The fourth-order valence-corrected chi connectivity index (χ4v) is 1.84. The smallest absolute Gasteiger partial charge is 0.466 e. The van der Waals surface area contributed by atoms with Crippen molar-refractivity contribution in [1.82, 2.24) is 0 Å². The highest BCUT2D eigenvalue weighted by Gasteiger charge is 2.28. The van der Waals surface area contributed by atoms with Gasteiger partial charge in [-0.25, -0.2) is 14.2 Å². The molecular weight excluding hydrogens is 471 g/mol. The van der Waals surface area contributed by atoms with Gasteiger partial charge in [-0.05, 0) is 40.0 Å². The van der Waals surface area contributed by atoms with Crippen molar-refractivity contribution >= 4 is 25.7 Å². The van der Waals surface area contributed by atoms with Crippen LogP contribution in [0.2, 0.25) is 0 Å². The lowest BCUT2D eigenvalue weighted by atomic mass is 9.99. The van der Waals surface area contributed by atoms with Gasteiger partial charge in [0.25, 0.3) is 0 Å². The summed E-state index contributed by atoms with van der Waals surface area (Å²) in [6.45, 7) is 7.46. The number of aliphatic hydroxyl groups is 4. The molecule has 0 aliphatic rings. The van der Waals surface area contributed by atoms with E-state index in [0.717, 1.165) is 0 Å². The van der Waals surface area contributed by atoms with Crippen LogP contribution < -0.4 is 0 Å². The molecule has 14 nitrogen and oxygen atoms in total. The van der Waals surface area contributed by atoms with Gasteiger partial charge in [0.15, 0.2) is 11.2 Å². The van der Waals surface area contributed by atoms with Gasteiger partial charge in [-0.3, -0.25) is 4.79 Å². The van der Waals surface area contributed by atoms with Crippen LogP contribution in [0, 0.1) is 0 Å². The molecule has 3 atom stereocenters. The topological polar surface area (TPSA) is 271 Å². The number of rotatable bonds is 10. The van der Waals surface area contributed by atoms with E-state index >= 15 is 0 Å². The number of phosphoric acid groups is 1. The number of carbonyl (C=O) groups is 3. The third kappa shape index (κ3) is 32.6. The van der Waals surface area contributed by atoms with Gasteiger partial charge in [0.1, 0.15) is 0 Å². The second-order valence-electron chi connectivity index (χ2n) is 7.71. The number of hydrogen-bond acceptors (Lipinski definition) is 8. The zero-order valence-electron chi connectivity index (χ0n) is 19.5. The molecule has 0 fully saturated rings. The second-order valence-corrected chi connectivity index (χ2v) is 8.74. The van der Waals surface area contributed by atoms with Gasteiger partial charge in [-0.1, -0.05) is 26.7 Å². The maximum atomic E-state index is 10.2. The van der Waals surface area contributed by atoms with Gasteiger partial charge in [-0.2, -0.15) is 0 Å². The average molecular weight is 510 g/mol. The van der Waals surface area contributed by atoms with Crippen LogP contribution in [-0.2, 0) is 18.9 Å². The van der Waals surface area contributed by atoms with Crippen LogP contribution in [0.15, 0.2) is 0 Å². The minimum atomic E-state index is -4.64. The molecule has 33 heavy (non-hydrogen) atoms. The predicted molar refractivity (Wildman–Crippen MR) is 115 cm³/mol. The van der Waals surface area contributed by atoms with Gasteiger partial charge in [0.05, 0.1) is 12.0 Å². The third-order valence-electron chi connectivity index (χ3n) is 3.58. The summed E-state index contributed by atoms with van der Waals surface area (Å²) in [6, 6.07) is 0. The minimum absolute atomic E-state index is 0.0965. The molecule has 0 amide bonds. The van der Waals surface area contributed by atoms with E-state index in [9.17, 15) is 14.4 Å². The summed E-state index contributed by atoms with van der Waals surface area (Å²) in [7, 11) is -4.64. The molecule has 0 saturated heterocycles. The zero-order valence-corrected chi connectivity index (χ0v) is 20.4. The summed E-state index contributed by atoms with van der Waals surface area (Å²) in [6.07, 6.45) is 1.75. The number of carboxylic acids is 3. The summed E-state index contributed by atoms with van der Waals surface area (Å²) in [5.74, 6) is -3.35. The van der Waals surface area contributed by atoms with Gasteiger partial charge in [-0.15, -0.1) is 0 Å². The molecule has 0 aromatic carbocycles. The maximum absolute atomic E-state index is 10.2. The summed E-state index contributed by atoms with van der Waals surface area (Å²) < 4.78 is 8.88. The molecule has 0 heterocycles. The Kier molecular flexibility index (Phi) is 20.8. The van der Waals surface area contributed by atoms with Crippen LogP contribution in [0.4, 0.5) is 0 Å². The van der Waals surface area contributed by atoms with Crippen LogP contribution in [-0.4, -0.2) is 91.7 Å². The van der Waals surface area contributed by atoms with Crippen molar-refractivity contribution in [3.05, 3.63) is 0 Å². The lowest BCUT2D eigenvalue weighted by Crippen LogP contribution is -2.34. The molecule has 200 valence electrons. The molecule has 0 spiro atoms. The van der Waals surface area contributed by atoms with Crippen molar-refractivity contribution < 1.29 is 69.4 Å². The molecule has 0 saturated carbocycles. The van der Waals surface area contributed by atoms with Crippen LogP contribution in [0.3, 0.4) is 0 Å². The molecule has 2 unspecified atom stereocenters. The molecule has 10 N–H and O–H groups in total. The fourth-order valence-electron chi connectivity index (χ4n) is 1.84. The first kappa shape index (κ1) is 38.6. The molecular formula is C18H39O14P. The fraction of sp³-hybridized carbons (Fsp3) is 0.833. The van der Waals surface area contributed by atoms with Crippen molar-refractivity contribution in [3.63, 3.8) is 0 Å². The summed E-state index contributed by atoms with van der Waals surface area (Å²) in [4.78, 5) is 51.9. The molecule has 0 radical (unpaired) electrons. The van der Waals surface area contributed by atoms with Crippen molar-refractivity contribution in [1.29, 1.82) is 0 Å². The quantitative estimate of drug-likeness (QED) is 0.172. The Morgan fingerprint density at radius 2 is 1.00 bits per heavy atom. The summed E-state index contributed by atoms with van der Waals surface area (Å²) in [5.41, 5.74) is -4.34. The van der Waals surface area contributed by atoms with Crippen molar-refractivity contribution in [2.45, 2.75) is 89.9 Å². The Bertz CT molecular complexity index is 573. The number of hydrogen-bond donors (Lipinski definition) is 10. The van der Waals surface area contributed by atoms with E-state index < -0.39 is 42.5 Å². The Hall–Kier alpha value is -1.64. The Balaban J connectivity index is -0.000000174. The van der Waals surface area contributed by atoms with Gasteiger partial charge < -0.3 is 50.4 Å². The molecule has 0 aromatic rings. The second kappa shape index (κ2) is 17.8. The first-order valence-corrected chi connectivity index (χ1v) is 11.3. The molecule has 0 bridgehead atoms. The van der Waals surface area contributed by atoms with Gasteiger partial charge >= 0.3 is 25.7 Å². The lowest BCUT2D eigenvalue weighted by molar-refractivity contribution is -0.157. The Morgan fingerprint density at radius 3 is 1.12 bits per heavy atom. The van der Waals surface area contributed by atoms with Gasteiger partial charge in [0.2, 0.25) is 0 Å². The minimum Gasteiger partial charge on any atom is -0.481 e. The predicted octanol–water partition coefficient (Wildman–Crippen LogP) is -0.0899. The van der Waals surface area contributed by atoms with Crippen molar-refractivity contribution in [2.24, 2.45) is 0 Å². The largest absolute Gasteiger partial charge is 0.481 e. The summed E-state index contributed by atoms with van der Waals surface area (Å²) in [5, 5.41) is 60.4. The standard InChI is InChI=1S/C6H12O4.2C6H12O3.H3O4P/c1-6(10,2-3-7)4-5(8)9;2*1-3-4-6(2,9)5(7)8;1-5(2,3)4/h7,10H,2-4H2,1H3,(H,8,9);2*9H,3-4H2,1-2H3,(H,7,8);(H3,1,2,3,4)/t6-;;;/m1.../s1. The SMILES string of the molecule is CCCC(C)(O)C(=O)O.CCCC(C)(O)C(=O)O.C[C@@](O)(CCO)CC(=O)O.O=P(O)(O)O. The van der Waals surface area contributed by atoms with E-state index in [0.29, 0.717) is 25.7 Å². The molecule has 0 aromatic heterocycles. The van der Waals surface area contributed by atoms with Crippen LogP contribution in [0.25, 0.3) is 0 Å². The van der Waals surface area contributed by atoms with Crippen LogP contribution in [0.5, 0.6) is 0 Å². The van der Waals surface area contributed by atoms with Gasteiger partial charge in [0, 0.05) is 6.61 Å². The maximum Gasteiger partial charge on any atom is 0.466 e. The monoisotopic (exact) mass is 510 g/mol. The van der Waals surface area contributed by atoms with E-state index in [2.05, 4.69) is 0 Å². The highest BCUT2D eigenvalue weighted by Crippen LogP contribution is 2.25.